The molecule has 0 atom stereocenters. The molecule has 3 heteroatoms. The Kier molecular flexibility index (Phi) is 10.9. The van der Waals surface area contributed by atoms with Crippen molar-refractivity contribution < 1.29 is 0 Å². The second-order valence-electron chi connectivity index (χ2n) is 17.4. The van der Waals surface area contributed by atoms with Crippen molar-refractivity contribution in [2.24, 2.45) is 0 Å². The van der Waals surface area contributed by atoms with Gasteiger partial charge in [-0.15, -0.1) is 0 Å². The monoisotopic (exact) mass is 881 g/mol. The molecule has 0 fully saturated rings. The Morgan fingerprint density at radius 3 is 0.928 bits per heavy atom. The first-order chi connectivity index (χ1) is 34.2. The number of anilines is 6. The number of hydrogen-bond acceptors (Lipinski definition) is 2. The highest BCUT2D eigenvalue weighted by Gasteiger charge is 2.17. The van der Waals surface area contributed by atoms with Crippen molar-refractivity contribution in [3.05, 3.63) is 285 Å². The molecule has 0 saturated carbocycles. The first-order valence-electron chi connectivity index (χ1n) is 23.6. The fraction of sp³-hybridized carbons (Fsp3) is 0. The van der Waals surface area contributed by atoms with E-state index in [1.54, 1.807) is 0 Å². The lowest BCUT2D eigenvalue weighted by Crippen LogP contribution is -2.09. The van der Waals surface area contributed by atoms with E-state index in [0.29, 0.717) is 0 Å². The Balaban J connectivity index is 0.847. The van der Waals surface area contributed by atoms with Crippen molar-refractivity contribution >= 4 is 55.9 Å². The van der Waals surface area contributed by atoms with Gasteiger partial charge in [-0.05, 0) is 142 Å². The molecule has 12 rings (SSSR count). The first-order valence-corrected chi connectivity index (χ1v) is 23.6. The van der Waals surface area contributed by atoms with Crippen LogP contribution in [0.2, 0.25) is 0 Å². The van der Waals surface area contributed by atoms with Gasteiger partial charge >= 0.3 is 0 Å². The third-order valence-corrected chi connectivity index (χ3v) is 13.2. The zero-order chi connectivity index (χ0) is 45.9. The summed E-state index contributed by atoms with van der Waals surface area (Å²) in [5, 5.41) is 2.47. The van der Waals surface area contributed by atoms with Crippen LogP contribution in [0.1, 0.15) is 0 Å². The van der Waals surface area contributed by atoms with Gasteiger partial charge in [0.15, 0.2) is 0 Å². The molecule has 0 radical (unpaired) electrons. The van der Waals surface area contributed by atoms with Gasteiger partial charge in [0.2, 0.25) is 0 Å². The third-order valence-electron chi connectivity index (χ3n) is 13.2. The molecule has 0 amide bonds. The molecule has 0 aliphatic rings. The van der Waals surface area contributed by atoms with Gasteiger partial charge in [0.05, 0.1) is 11.0 Å². The predicted octanol–water partition coefficient (Wildman–Crippen LogP) is 18.4. The molecule has 0 spiro atoms. The van der Waals surface area contributed by atoms with Crippen molar-refractivity contribution in [3.63, 3.8) is 0 Å². The molecule has 12 aromatic rings. The molecule has 1 aromatic heterocycles. The molecular weight excluding hydrogens is 835 g/mol. The van der Waals surface area contributed by atoms with Crippen LogP contribution in [-0.2, 0) is 0 Å². The SMILES string of the molecule is c1ccc(-c2ccc(N(c3ccc(-c4ccccc4)cc3)c3ccc(-c4ccc(-c5ccc6c7ccccc7n(-c7ccc(N(c8ccccc8)c8ccccc8)cc7)c6c5)cc4)cc3)cc2)cc1. The van der Waals surface area contributed by atoms with Crippen molar-refractivity contribution in [1.29, 1.82) is 0 Å². The summed E-state index contributed by atoms with van der Waals surface area (Å²) in [7, 11) is 0. The number of hydrogen-bond donors (Lipinski definition) is 0. The minimum atomic E-state index is 1.10. The Morgan fingerprint density at radius 2 is 0.493 bits per heavy atom. The molecule has 69 heavy (non-hydrogen) atoms. The van der Waals surface area contributed by atoms with Crippen molar-refractivity contribution in [2.75, 3.05) is 9.80 Å². The maximum absolute atomic E-state index is 2.40. The van der Waals surface area contributed by atoms with Crippen LogP contribution in [0.5, 0.6) is 0 Å². The quantitative estimate of drug-likeness (QED) is 0.128. The van der Waals surface area contributed by atoms with Gasteiger partial charge < -0.3 is 14.4 Å². The molecule has 1 heterocycles. The van der Waals surface area contributed by atoms with Gasteiger partial charge in [0.1, 0.15) is 0 Å². The van der Waals surface area contributed by atoms with E-state index in [4.69, 9.17) is 0 Å². The van der Waals surface area contributed by atoms with E-state index >= 15 is 0 Å². The lowest BCUT2D eigenvalue weighted by Gasteiger charge is -2.26. The lowest BCUT2D eigenvalue weighted by atomic mass is 9.99. The van der Waals surface area contributed by atoms with Crippen molar-refractivity contribution in [1.82, 2.24) is 4.57 Å². The molecule has 0 aliphatic heterocycles. The molecule has 0 saturated heterocycles. The average Bonchev–Trinajstić information content (AvgIpc) is 3.77. The summed E-state index contributed by atoms with van der Waals surface area (Å²) in [6.07, 6.45) is 0. The van der Waals surface area contributed by atoms with Gasteiger partial charge in [-0.1, -0.05) is 188 Å². The highest BCUT2D eigenvalue weighted by atomic mass is 15.1. The van der Waals surface area contributed by atoms with Gasteiger partial charge in [-0.25, -0.2) is 0 Å². The molecule has 326 valence electrons. The topological polar surface area (TPSA) is 11.4 Å². The van der Waals surface area contributed by atoms with Gasteiger partial charge in [-0.2, -0.15) is 0 Å². The van der Waals surface area contributed by atoms with E-state index in [0.717, 1.165) is 39.8 Å². The average molecular weight is 882 g/mol. The number of rotatable bonds is 11. The molecule has 3 nitrogen and oxygen atoms in total. The summed E-state index contributed by atoms with van der Waals surface area (Å²) in [5.74, 6) is 0. The Labute approximate surface area is 403 Å². The summed E-state index contributed by atoms with van der Waals surface area (Å²) < 4.78 is 2.40. The number of aromatic nitrogens is 1. The third kappa shape index (κ3) is 8.13. The summed E-state index contributed by atoms with van der Waals surface area (Å²) in [5.41, 5.74) is 19.6. The Bertz CT molecular complexity index is 3520. The van der Waals surface area contributed by atoms with E-state index < -0.39 is 0 Å². The van der Waals surface area contributed by atoms with Gasteiger partial charge in [0, 0.05) is 50.6 Å². The smallest absolute Gasteiger partial charge is 0.0547 e. The first kappa shape index (κ1) is 41.3. The Morgan fingerprint density at radius 1 is 0.203 bits per heavy atom. The largest absolute Gasteiger partial charge is 0.311 e. The van der Waals surface area contributed by atoms with E-state index in [2.05, 4.69) is 299 Å². The van der Waals surface area contributed by atoms with Crippen LogP contribution in [0.15, 0.2) is 285 Å². The van der Waals surface area contributed by atoms with Gasteiger partial charge in [-0.3, -0.25) is 0 Å². The fourth-order valence-electron chi connectivity index (χ4n) is 9.75. The summed E-state index contributed by atoms with van der Waals surface area (Å²) in [6, 6.07) is 103. The molecule has 0 aliphatic carbocycles. The summed E-state index contributed by atoms with van der Waals surface area (Å²) in [4.78, 5) is 4.64. The Hall–Kier alpha value is -9.18. The maximum Gasteiger partial charge on any atom is 0.0547 e. The zero-order valence-electron chi connectivity index (χ0n) is 38.0. The zero-order valence-corrected chi connectivity index (χ0v) is 38.0. The van der Waals surface area contributed by atoms with Crippen LogP contribution in [0.3, 0.4) is 0 Å². The highest BCUT2D eigenvalue weighted by molar-refractivity contribution is 6.10. The molecular formula is C66H47N3. The molecule has 0 N–H and O–H groups in total. The van der Waals surface area contributed by atoms with Crippen LogP contribution in [0.25, 0.3) is 72.0 Å². The standard InChI is InChI=1S/C66H47N3/c1-5-15-48(16-6-1)51-29-36-58(37-30-51)68(59-38-31-52(32-39-59)49-17-7-2-8-18-49)60-40-33-53(34-41-60)50-25-27-54(28-26-50)55-35-46-64-63-23-13-14-24-65(63)69(66(64)47-55)62-44-42-61(43-45-62)67(56-19-9-3-10-20-56)57-21-11-4-12-22-57/h1-47H. The minimum Gasteiger partial charge on any atom is -0.311 e. The van der Waals surface area contributed by atoms with Crippen LogP contribution in [0.4, 0.5) is 34.1 Å². The minimum absolute atomic E-state index is 1.10. The number of nitrogens with zero attached hydrogens (tertiary/aromatic N) is 3. The van der Waals surface area contributed by atoms with E-state index in [-0.39, 0.29) is 0 Å². The molecule has 0 unspecified atom stereocenters. The second kappa shape index (κ2) is 18.2. The normalized spacial score (nSPS) is 11.2. The summed E-state index contributed by atoms with van der Waals surface area (Å²) in [6.45, 7) is 0. The fourth-order valence-corrected chi connectivity index (χ4v) is 9.75. The van der Waals surface area contributed by atoms with Crippen LogP contribution < -0.4 is 9.80 Å². The maximum atomic E-state index is 2.40. The summed E-state index contributed by atoms with van der Waals surface area (Å²) >= 11 is 0. The van der Waals surface area contributed by atoms with E-state index in [1.807, 2.05) is 0 Å². The van der Waals surface area contributed by atoms with Crippen LogP contribution >= 0.6 is 0 Å². The predicted molar refractivity (Wildman–Crippen MR) is 292 cm³/mol. The van der Waals surface area contributed by atoms with E-state index in [9.17, 15) is 0 Å². The van der Waals surface area contributed by atoms with Crippen LogP contribution in [-0.4, -0.2) is 4.57 Å². The second-order valence-corrected chi connectivity index (χ2v) is 17.4. The number of benzene rings is 11. The van der Waals surface area contributed by atoms with Gasteiger partial charge in [0.25, 0.3) is 0 Å². The number of para-hydroxylation sites is 3. The molecule has 0 bridgehead atoms. The van der Waals surface area contributed by atoms with Crippen molar-refractivity contribution in [3.8, 4) is 50.2 Å². The van der Waals surface area contributed by atoms with Crippen LogP contribution in [0, 0.1) is 0 Å². The highest BCUT2D eigenvalue weighted by Crippen LogP contribution is 2.40. The van der Waals surface area contributed by atoms with Crippen molar-refractivity contribution in [2.45, 2.75) is 0 Å². The number of fused-ring (bicyclic) bond motifs is 3. The van der Waals surface area contributed by atoms with E-state index in [1.165, 1.54) is 66.3 Å². The molecule has 11 aromatic carbocycles. The lowest BCUT2D eigenvalue weighted by molar-refractivity contribution is 1.17.